The summed E-state index contributed by atoms with van der Waals surface area (Å²) in [5, 5.41) is 15.4. The van der Waals surface area contributed by atoms with Gasteiger partial charge in [0.25, 0.3) is 0 Å². The quantitative estimate of drug-likeness (QED) is 0.717. The van der Waals surface area contributed by atoms with Crippen LogP contribution in [0.5, 0.6) is 0 Å². The van der Waals surface area contributed by atoms with E-state index in [0.29, 0.717) is 0 Å². The summed E-state index contributed by atoms with van der Waals surface area (Å²) in [5.74, 6) is -0.812. The molecule has 3 N–H and O–H groups in total. The molecule has 2 rings (SSSR count). The van der Waals surface area contributed by atoms with Crippen LogP contribution in [0.3, 0.4) is 0 Å². The van der Waals surface area contributed by atoms with E-state index in [0.717, 1.165) is 45.1 Å². The number of carboxylic acid groups (broad SMARTS) is 1. The maximum atomic E-state index is 12.4. The number of amides is 1. The summed E-state index contributed by atoms with van der Waals surface area (Å²) in [6.07, 6.45) is 5.62. The highest BCUT2D eigenvalue weighted by molar-refractivity contribution is 5.81. The maximum Gasteiger partial charge on any atom is 0.305 e. The fourth-order valence-electron chi connectivity index (χ4n) is 3.43. The maximum absolute atomic E-state index is 12.4. The molecule has 2 fully saturated rings. The normalized spacial score (nSPS) is 29.9. The Kier molecular flexibility index (Phi) is 4.45. The lowest BCUT2D eigenvalue weighted by atomic mass is 9.78. The lowest BCUT2D eigenvalue weighted by Crippen LogP contribution is -2.53. The van der Waals surface area contributed by atoms with Crippen molar-refractivity contribution >= 4 is 11.9 Å². The molecule has 1 saturated heterocycles. The molecule has 5 nitrogen and oxygen atoms in total. The van der Waals surface area contributed by atoms with Crippen LogP contribution in [0, 0.1) is 5.92 Å². The van der Waals surface area contributed by atoms with Gasteiger partial charge in [-0.3, -0.25) is 9.59 Å². The first-order chi connectivity index (χ1) is 9.02. The van der Waals surface area contributed by atoms with Crippen LogP contribution in [0.1, 0.15) is 51.9 Å². The van der Waals surface area contributed by atoms with Crippen molar-refractivity contribution in [1.29, 1.82) is 0 Å². The molecule has 108 valence electrons. The van der Waals surface area contributed by atoms with E-state index < -0.39 is 11.5 Å². The predicted molar refractivity (Wildman–Crippen MR) is 71.8 cm³/mol. The summed E-state index contributed by atoms with van der Waals surface area (Å²) in [4.78, 5) is 23.4. The minimum atomic E-state index is -0.820. The molecule has 0 aromatic rings. The highest BCUT2D eigenvalue weighted by atomic mass is 16.4. The van der Waals surface area contributed by atoms with Crippen LogP contribution in [0.4, 0.5) is 0 Å². The van der Waals surface area contributed by atoms with Crippen LogP contribution in [-0.4, -0.2) is 35.1 Å². The van der Waals surface area contributed by atoms with Gasteiger partial charge in [-0.25, -0.2) is 0 Å². The molecule has 0 aromatic heterocycles. The second-order valence-corrected chi connectivity index (χ2v) is 6.04. The third kappa shape index (κ3) is 3.47. The number of nitrogens with one attached hydrogen (secondary N) is 2. The molecule has 5 heteroatoms. The zero-order valence-electron chi connectivity index (χ0n) is 11.6. The third-order valence-corrected chi connectivity index (χ3v) is 4.55. The fourth-order valence-corrected chi connectivity index (χ4v) is 3.43. The van der Waals surface area contributed by atoms with Gasteiger partial charge in [-0.2, -0.15) is 0 Å². The number of rotatable bonds is 4. The molecule has 1 aliphatic carbocycles. The first-order valence-corrected chi connectivity index (χ1v) is 7.30. The van der Waals surface area contributed by atoms with Gasteiger partial charge < -0.3 is 15.7 Å². The van der Waals surface area contributed by atoms with E-state index in [9.17, 15) is 9.59 Å². The number of carbonyl (C=O) groups is 2. The van der Waals surface area contributed by atoms with Gasteiger partial charge >= 0.3 is 5.97 Å². The van der Waals surface area contributed by atoms with E-state index in [2.05, 4.69) is 10.6 Å². The standard InChI is InChI=1S/C14H24N2O3/c1-10-11(5-8-15-10)13(19)16-14(9-12(17)18)6-3-2-4-7-14/h10-11,15H,2-9H2,1H3,(H,16,19)(H,17,18). The average Bonchev–Trinajstić information content (AvgIpc) is 2.75. The summed E-state index contributed by atoms with van der Waals surface area (Å²) in [6.45, 7) is 2.88. The molecule has 1 heterocycles. The Bertz CT molecular complexity index is 351. The van der Waals surface area contributed by atoms with Gasteiger partial charge in [0.15, 0.2) is 0 Å². The summed E-state index contributed by atoms with van der Waals surface area (Å²) < 4.78 is 0. The minimum absolute atomic E-state index is 0.0207. The van der Waals surface area contributed by atoms with Crippen molar-refractivity contribution in [3.8, 4) is 0 Å². The molecule has 19 heavy (non-hydrogen) atoms. The van der Waals surface area contributed by atoms with E-state index in [4.69, 9.17) is 5.11 Å². The second-order valence-electron chi connectivity index (χ2n) is 6.04. The monoisotopic (exact) mass is 268 g/mol. The van der Waals surface area contributed by atoms with Crippen LogP contribution < -0.4 is 10.6 Å². The highest BCUT2D eigenvalue weighted by Gasteiger charge is 2.39. The second kappa shape index (κ2) is 5.90. The Hall–Kier alpha value is -1.10. The first kappa shape index (κ1) is 14.3. The van der Waals surface area contributed by atoms with Gasteiger partial charge in [-0.15, -0.1) is 0 Å². The van der Waals surface area contributed by atoms with Crippen molar-refractivity contribution in [3.63, 3.8) is 0 Å². The number of hydrogen-bond donors (Lipinski definition) is 3. The molecule has 0 bridgehead atoms. The van der Waals surface area contributed by atoms with Crippen LogP contribution >= 0.6 is 0 Å². The first-order valence-electron chi connectivity index (χ1n) is 7.30. The molecule has 0 radical (unpaired) electrons. The highest BCUT2D eigenvalue weighted by Crippen LogP contribution is 2.32. The number of carboxylic acids is 1. The van der Waals surface area contributed by atoms with E-state index in [1.165, 1.54) is 0 Å². The van der Waals surface area contributed by atoms with E-state index in [1.54, 1.807) is 0 Å². The van der Waals surface area contributed by atoms with Gasteiger partial charge in [-0.05, 0) is 32.7 Å². The van der Waals surface area contributed by atoms with Crippen LogP contribution in [0.2, 0.25) is 0 Å². The summed E-state index contributed by atoms with van der Waals surface area (Å²) in [5.41, 5.74) is -0.510. The summed E-state index contributed by atoms with van der Waals surface area (Å²) in [6, 6.07) is 0.186. The van der Waals surface area contributed by atoms with E-state index in [-0.39, 0.29) is 24.3 Å². The lowest BCUT2D eigenvalue weighted by molar-refractivity contribution is -0.140. The third-order valence-electron chi connectivity index (χ3n) is 4.55. The van der Waals surface area contributed by atoms with Gasteiger partial charge in [0.1, 0.15) is 0 Å². The average molecular weight is 268 g/mol. The topological polar surface area (TPSA) is 78.4 Å². The van der Waals surface area contributed by atoms with Gasteiger partial charge in [-0.1, -0.05) is 19.3 Å². The van der Waals surface area contributed by atoms with Crippen molar-refractivity contribution < 1.29 is 14.7 Å². The Labute approximate surface area is 114 Å². The summed E-state index contributed by atoms with van der Waals surface area (Å²) in [7, 11) is 0. The van der Waals surface area contributed by atoms with Gasteiger partial charge in [0, 0.05) is 6.04 Å². The number of aliphatic carboxylic acids is 1. The minimum Gasteiger partial charge on any atom is -0.481 e. The molecular formula is C14H24N2O3. The summed E-state index contributed by atoms with van der Waals surface area (Å²) >= 11 is 0. The SMILES string of the molecule is CC1NCCC1C(=O)NC1(CC(=O)O)CCCCC1. The van der Waals surface area contributed by atoms with Crippen LogP contribution in [0.15, 0.2) is 0 Å². The lowest BCUT2D eigenvalue weighted by Gasteiger charge is -2.38. The van der Waals surface area contributed by atoms with E-state index >= 15 is 0 Å². The predicted octanol–water partition coefficient (Wildman–Crippen LogP) is 1.28. The zero-order valence-corrected chi connectivity index (χ0v) is 11.6. The Balaban J connectivity index is 2.02. The van der Waals surface area contributed by atoms with Crippen molar-refractivity contribution in [1.82, 2.24) is 10.6 Å². The van der Waals surface area contributed by atoms with Crippen molar-refractivity contribution in [3.05, 3.63) is 0 Å². The molecular weight excluding hydrogens is 244 g/mol. The number of hydrogen-bond acceptors (Lipinski definition) is 3. The van der Waals surface area contributed by atoms with Crippen LogP contribution in [0.25, 0.3) is 0 Å². The largest absolute Gasteiger partial charge is 0.481 e. The van der Waals surface area contributed by atoms with Gasteiger partial charge in [0.2, 0.25) is 5.91 Å². The van der Waals surface area contributed by atoms with E-state index in [1.807, 2.05) is 6.92 Å². The zero-order chi connectivity index (χ0) is 13.9. The smallest absolute Gasteiger partial charge is 0.305 e. The fraction of sp³-hybridized carbons (Fsp3) is 0.857. The molecule has 0 aromatic carbocycles. The Morgan fingerprint density at radius 1 is 1.32 bits per heavy atom. The Morgan fingerprint density at radius 3 is 2.53 bits per heavy atom. The molecule has 2 unspecified atom stereocenters. The van der Waals surface area contributed by atoms with Crippen molar-refractivity contribution in [2.45, 2.75) is 63.5 Å². The molecule has 0 spiro atoms. The Morgan fingerprint density at radius 2 is 2.00 bits per heavy atom. The number of carbonyl (C=O) groups excluding carboxylic acids is 1. The molecule has 2 atom stereocenters. The van der Waals surface area contributed by atoms with Crippen molar-refractivity contribution in [2.24, 2.45) is 5.92 Å². The molecule has 1 saturated carbocycles. The van der Waals surface area contributed by atoms with Crippen LogP contribution in [-0.2, 0) is 9.59 Å². The molecule has 1 amide bonds. The molecule has 1 aliphatic heterocycles. The van der Waals surface area contributed by atoms with Gasteiger partial charge in [0.05, 0.1) is 17.9 Å². The van der Waals surface area contributed by atoms with Crippen molar-refractivity contribution in [2.75, 3.05) is 6.54 Å². The molecule has 2 aliphatic rings.